The molecule has 0 aromatic carbocycles. The van der Waals surface area contributed by atoms with Crippen LogP contribution in [0.4, 0.5) is 0 Å². The van der Waals surface area contributed by atoms with Gasteiger partial charge in [-0.3, -0.25) is 9.59 Å². The molecule has 140 valence electrons. The lowest BCUT2D eigenvalue weighted by atomic mass is 9.76. The first-order valence-corrected chi connectivity index (χ1v) is 9.42. The molecule has 2 heterocycles. The topological polar surface area (TPSA) is 72.1 Å². The minimum atomic E-state index is -0.0139. The van der Waals surface area contributed by atoms with Gasteiger partial charge >= 0.3 is 0 Å². The quantitative estimate of drug-likeness (QED) is 0.812. The summed E-state index contributed by atoms with van der Waals surface area (Å²) >= 11 is 0. The number of aromatic amines is 1. The molecule has 5 nitrogen and oxygen atoms in total. The molecule has 1 saturated carbocycles. The van der Waals surface area contributed by atoms with Crippen LogP contribution in [-0.2, 0) is 0 Å². The fourth-order valence-corrected chi connectivity index (χ4v) is 3.51. The van der Waals surface area contributed by atoms with Crippen molar-refractivity contribution in [2.24, 2.45) is 5.92 Å². The van der Waals surface area contributed by atoms with Crippen molar-refractivity contribution in [3.63, 3.8) is 0 Å². The fourth-order valence-electron chi connectivity index (χ4n) is 3.51. The number of aromatic nitrogens is 2. The number of aldehydes is 1. The monoisotopic (exact) mass is 356 g/mol. The highest BCUT2D eigenvalue weighted by atomic mass is 16.5. The first-order chi connectivity index (χ1) is 12.7. The van der Waals surface area contributed by atoms with Gasteiger partial charge in [0.15, 0.2) is 6.29 Å². The lowest BCUT2D eigenvalue weighted by Gasteiger charge is -2.31. The lowest BCUT2D eigenvalue weighted by molar-refractivity contribution is 0.111. The molecular formula is C21H28N2O3. The molecule has 1 aliphatic rings. The molecule has 3 rings (SSSR count). The summed E-state index contributed by atoms with van der Waals surface area (Å²) in [5.74, 6) is 0.978. The second-order valence-electron chi connectivity index (χ2n) is 6.37. The van der Waals surface area contributed by atoms with Gasteiger partial charge in [-0.2, -0.15) is 0 Å². The number of pyridine rings is 2. The number of aryl methyl sites for hydroxylation is 1. The molecule has 0 bridgehead atoms. The molecular weight excluding hydrogens is 328 g/mol. The largest absolute Gasteiger partial charge is 0.491 e. The maximum Gasteiger partial charge on any atom is 0.251 e. The van der Waals surface area contributed by atoms with Crippen LogP contribution in [0, 0.1) is 12.8 Å². The molecule has 2 aromatic rings. The first-order valence-electron chi connectivity index (χ1n) is 9.42. The van der Waals surface area contributed by atoms with E-state index in [2.05, 4.69) is 9.97 Å². The highest BCUT2D eigenvalue weighted by molar-refractivity contribution is 5.76. The van der Waals surface area contributed by atoms with Crippen molar-refractivity contribution in [1.82, 2.24) is 9.97 Å². The first kappa shape index (κ1) is 19.9. The Kier molecular flexibility index (Phi) is 7.57. The van der Waals surface area contributed by atoms with Crippen molar-refractivity contribution in [3.8, 4) is 5.75 Å². The number of H-pyrrole nitrogens is 1. The summed E-state index contributed by atoms with van der Waals surface area (Å²) in [6.45, 7) is 6.33. The van der Waals surface area contributed by atoms with E-state index in [1.807, 2.05) is 39.0 Å². The number of carbonyl (C=O) groups is 1. The third-order valence-electron chi connectivity index (χ3n) is 4.75. The third-order valence-corrected chi connectivity index (χ3v) is 4.75. The molecule has 1 aliphatic carbocycles. The van der Waals surface area contributed by atoms with Crippen LogP contribution < -0.4 is 10.3 Å². The van der Waals surface area contributed by atoms with Gasteiger partial charge in [-0.05, 0) is 43.9 Å². The second kappa shape index (κ2) is 9.90. The van der Waals surface area contributed by atoms with Gasteiger partial charge in [-0.1, -0.05) is 32.8 Å². The number of nitrogens with zero attached hydrogens (tertiary/aromatic N) is 1. The summed E-state index contributed by atoms with van der Waals surface area (Å²) in [5, 5.41) is 0. The molecule has 5 heteroatoms. The van der Waals surface area contributed by atoms with Crippen molar-refractivity contribution in [3.05, 3.63) is 57.8 Å². The van der Waals surface area contributed by atoms with Gasteiger partial charge in [-0.25, -0.2) is 4.98 Å². The van der Waals surface area contributed by atoms with Crippen molar-refractivity contribution in [2.45, 2.75) is 52.4 Å². The summed E-state index contributed by atoms with van der Waals surface area (Å²) in [5.41, 5.74) is 1.94. The predicted molar refractivity (Wildman–Crippen MR) is 103 cm³/mol. The molecule has 0 aliphatic heterocycles. The van der Waals surface area contributed by atoms with Crippen LogP contribution in [0.1, 0.15) is 67.2 Å². The van der Waals surface area contributed by atoms with Crippen LogP contribution in [0.3, 0.4) is 0 Å². The SMILES string of the molecule is CC.Cc1ccc(OCC2CCCCC2c2ccc[nH]c2=O)c(C=O)n1. The van der Waals surface area contributed by atoms with Crippen LogP contribution in [0.2, 0.25) is 0 Å². The number of ether oxygens (including phenoxy) is 1. The molecule has 0 amide bonds. The normalized spacial score (nSPS) is 19.2. The Morgan fingerprint density at radius 3 is 2.73 bits per heavy atom. The van der Waals surface area contributed by atoms with E-state index in [-0.39, 0.29) is 17.4 Å². The number of rotatable bonds is 5. The maximum absolute atomic E-state index is 12.1. The minimum Gasteiger partial charge on any atom is -0.491 e. The smallest absolute Gasteiger partial charge is 0.251 e. The van der Waals surface area contributed by atoms with E-state index in [1.54, 1.807) is 12.3 Å². The Hall–Kier alpha value is -2.43. The Labute approximate surface area is 154 Å². The fraction of sp³-hybridized carbons (Fsp3) is 0.476. The van der Waals surface area contributed by atoms with Crippen molar-refractivity contribution >= 4 is 6.29 Å². The van der Waals surface area contributed by atoms with E-state index in [1.165, 1.54) is 0 Å². The Morgan fingerprint density at radius 2 is 2.00 bits per heavy atom. The molecule has 2 unspecified atom stereocenters. The lowest BCUT2D eigenvalue weighted by Crippen LogP contribution is -2.28. The van der Waals surface area contributed by atoms with Crippen molar-refractivity contribution in [2.75, 3.05) is 6.61 Å². The maximum atomic E-state index is 12.1. The summed E-state index contributed by atoms with van der Waals surface area (Å²) in [4.78, 5) is 30.3. The van der Waals surface area contributed by atoms with E-state index >= 15 is 0 Å². The van der Waals surface area contributed by atoms with Crippen LogP contribution in [0.25, 0.3) is 0 Å². The van der Waals surface area contributed by atoms with Crippen LogP contribution in [0.15, 0.2) is 35.3 Å². The average Bonchev–Trinajstić information content (AvgIpc) is 2.69. The zero-order valence-electron chi connectivity index (χ0n) is 15.8. The third kappa shape index (κ3) is 4.81. The van der Waals surface area contributed by atoms with E-state index in [0.717, 1.165) is 43.2 Å². The summed E-state index contributed by atoms with van der Waals surface area (Å²) in [6.07, 6.45) is 6.67. The van der Waals surface area contributed by atoms with Gasteiger partial charge in [0.05, 0.1) is 6.61 Å². The zero-order chi connectivity index (χ0) is 18.9. The highest BCUT2D eigenvalue weighted by Crippen LogP contribution is 2.36. The van der Waals surface area contributed by atoms with Crippen molar-refractivity contribution < 1.29 is 9.53 Å². The zero-order valence-corrected chi connectivity index (χ0v) is 15.8. The van der Waals surface area contributed by atoms with E-state index in [4.69, 9.17) is 4.74 Å². The van der Waals surface area contributed by atoms with Gasteiger partial charge < -0.3 is 9.72 Å². The molecule has 0 radical (unpaired) electrons. The van der Waals surface area contributed by atoms with E-state index in [9.17, 15) is 9.59 Å². The van der Waals surface area contributed by atoms with Crippen LogP contribution >= 0.6 is 0 Å². The predicted octanol–water partition coefficient (Wildman–Crippen LogP) is 4.27. The molecule has 26 heavy (non-hydrogen) atoms. The van der Waals surface area contributed by atoms with Gasteiger partial charge in [-0.15, -0.1) is 0 Å². The molecule has 1 fully saturated rings. The molecule has 2 aromatic heterocycles. The van der Waals surface area contributed by atoms with Gasteiger partial charge in [0.2, 0.25) is 0 Å². The van der Waals surface area contributed by atoms with Crippen LogP contribution in [0.5, 0.6) is 5.75 Å². The molecule has 2 atom stereocenters. The standard InChI is InChI=1S/C19H22N2O3.C2H6/c1-13-8-9-18(17(11-22)21-13)24-12-14-5-2-3-6-15(14)16-7-4-10-20-19(16)23;1-2/h4,7-11,14-15H,2-3,5-6,12H2,1H3,(H,20,23);1-2H3. The summed E-state index contributed by atoms with van der Waals surface area (Å²) in [6, 6.07) is 7.41. The summed E-state index contributed by atoms with van der Waals surface area (Å²) in [7, 11) is 0. The Balaban J connectivity index is 0.00000117. The van der Waals surface area contributed by atoms with Gasteiger partial charge in [0.25, 0.3) is 5.56 Å². The minimum absolute atomic E-state index is 0.0139. The molecule has 0 spiro atoms. The van der Waals surface area contributed by atoms with E-state index in [0.29, 0.717) is 18.1 Å². The second-order valence-corrected chi connectivity index (χ2v) is 6.37. The van der Waals surface area contributed by atoms with Gasteiger partial charge in [0, 0.05) is 23.4 Å². The Bertz CT molecular complexity index is 770. The van der Waals surface area contributed by atoms with Crippen LogP contribution in [-0.4, -0.2) is 22.9 Å². The van der Waals surface area contributed by atoms with E-state index < -0.39 is 0 Å². The molecule has 1 N–H and O–H groups in total. The number of hydrogen-bond donors (Lipinski definition) is 1. The number of hydrogen-bond acceptors (Lipinski definition) is 4. The highest BCUT2D eigenvalue weighted by Gasteiger charge is 2.29. The average molecular weight is 356 g/mol. The number of carbonyl (C=O) groups excluding carboxylic acids is 1. The van der Waals surface area contributed by atoms with Crippen molar-refractivity contribution in [1.29, 1.82) is 0 Å². The van der Waals surface area contributed by atoms with Gasteiger partial charge in [0.1, 0.15) is 11.4 Å². The summed E-state index contributed by atoms with van der Waals surface area (Å²) < 4.78 is 5.91. The Morgan fingerprint density at radius 1 is 1.23 bits per heavy atom. The number of nitrogens with one attached hydrogen (secondary N) is 1. The molecule has 0 saturated heterocycles.